The van der Waals surface area contributed by atoms with E-state index in [-0.39, 0.29) is 65.2 Å². The SMILES string of the molecule is C.CC1=CC(C(C)(C)C)OC1=O.CC1=NOC(C(C)(C)C)C1.CN1CC(C(C)(C)C)OC1=O.Cc1cn(C(C)(C)C)oc1=O. The molecule has 10 heteroatoms. The Morgan fingerprint density at radius 3 is 1.50 bits per heavy atom. The monoisotopic (exact) mass is 623 g/mol. The van der Waals surface area contributed by atoms with Crippen molar-refractivity contribution in [2.45, 2.75) is 142 Å². The molecule has 1 saturated heterocycles. The predicted molar refractivity (Wildman–Crippen MR) is 177 cm³/mol. The summed E-state index contributed by atoms with van der Waals surface area (Å²) in [6.45, 7) is 31.1. The van der Waals surface area contributed by atoms with E-state index in [1.165, 1.54) is 0 Å². The third-order valence-electron chi connectivity index (χ3n) is 7.03. The van der Waals surface area contributed by atoms with E-state index < -0.39 is 0 Å². The zero-order chi connectivity index (χ0) is 33.7. The highest BCUT2D eigenvalue weighted by molar-refractivity contribution is 5.90. The molecule has 3 atom stereocenters. The third kappa shape index (κ3) is 12.9. The minimum Gasteiger partial charge on any atom is -0.454 e. The van der Waals surface area contributed by atoms with Crippen molar-refractivity contribution < 1.29 is 28.4 Å². The topological polar surface area (TPSA) is 113 Å². The highest BCUT2D eigenvalue weighted by Gasteiger charge is 2.36. The van der Waals surface area contributed by atoms with Gasteiger partial charge in [0.05, 0.1) is 23.4 Å². The molecule has 0 saturated carbocycles. The Bertz CT molecular complexity index is 1210. The molecule has 10 nitrogen and oxygen atoms in total. The van der Waals surface area contributed by atoms with E-state index in [4.69, 9.17) is 18.8 Å². The normalized spacial score (nSPS) is 21.5. The summed E-state index contributed by atoms with van der Waals surface area (Å²) in [6.07, 6.45) is 4.68. The Hall–Kier alpha value is -3.04. The first-order valence-electron chi connectivity index (χ1n) is 14.9. The van der Waals surface area contributed by atoms with Gasteiger partial charge in [-0.05, 0) is 47.6 Å². The van der Waals surface area contributed by atoms with E-state index in [2.05, 4.69) is 67.5 Å². The summed E-state index contributed by atoms with van der Waals surface area (Å²) >= 11 is 0. The fraction of sp³-hybridized carbons (Fsp3) is 0.765. The lowest BCUT2D eigenvalue weighted by Crippen LogP contribution is -2.29. The van der Waals surface area contributed by atoms with E-state index in [1.54, 1.807) is 36.7 Å². The number of cyclic esters (lactones) is 2. The molecular formula is C34H61N3O7. The summed E-state index contributed by atoms with van der Waals surface area (Å²) in [5, 5.41) is 3.90. The zero-order valence-corrected chi connectivity index (χ0v) is 29.5. The molecule has 1 fully saturated rings. The lowest BCUT2D eigenvalue weighted by atomic mass is 9.87. The lowest BCUT2D eigenvalue weighted by molar-refractivity contribution is -0.143. The number of ether oxygens (including phenoxy) is 2. The molecule has 3 unspecified atom stereocenters. The van der Waals surface area contributed by atoms with Crippen LogP contribution in [0.15, 0.2) is 32.3 Å². The summed E-state index contributed by atoms with van der Waals surface area (Å²) in [4.78, 5) is 39.6. The number of aryl methyl sites for hydroxylation is 1. The number of esters is 1. The quantitative estimate of drug-likeness (QED) is 0.272. The van der Waals surface area contributed by atoms with E-state index >= 15 is 0 Å². The second-order valence-corrected chi connectivity index (χ2v) is 15.8. The third-order valence-corrected chi connectivity index (χ3v) is 7.03. The Labute approximate surface area is 266 Å². The summed E-state index contributed by atoms with van der Waals surface area (Å²) < 4.78 is 16.7. The Morgan fingerprint density at radius 2 is 1.32 bits per heavy atom. The Kier molecular flexibility index (Phi) is 14.2. The number of hydrogen-bond donors (Lipinski definition) is 0. The zero-order valence-electron chi connectivity index (χ0n) is 29.5. The van der Waals surface area contributed by atoms with Crippen LogP contribution in [0, 0.1) is 23.2 Å². The molecular weight excluding hydrogens is 562 g/mol. The number of aromatic nitrogens is 1. The first-order valence-corrected chi connectivity index (χ1v) is 14.9. The molecule has 254 valence electrons. The molecule has 0 radical (unpaired) electrons. The maximum Gasteiger partial charge on any atom is 0.409 e. The molecule has 3 aliphatic heterocycles. The molecule has 4 rings (SSSR count). The molecule has 1 aromatic rings. The molecule has 0 aromatic carbocycles. The highest BCUT2D eigenvalue weighted by atomic mass is 16.6. The van der Waals surface area contributed by atoms with E-state index in [0.29, 0.717) is 12.1 Å². The van der Waals surface area contributed by atoms with Gasteiger partial charge in [-0.3, -0.25) is 0 Å². The van der Waals surface area contributed by atoms with Gasteiger partial charge in [-0.2, -0.15) is 0 Å². The first kappa shape index (κ1) is 41.0. The number of amides is 1. The summed E-state index contributed by atoms with van der Waals surface area (Å²) in [6, 6.07) is 0. The number of oxime groups is 1. The molecule has 0 N–H and O–H groups in total. The maximum absolute atomic E-state index is 10.9. The van der Waals surface area contributed by atoms with Crippen LogP contribution in [0.5, 0.6) is 0 Å². The standard InChI is InChI=1S/C9H14O2.C8H15NO2.C8H13NO2.C8H15NO.CH4/c1-6-5-7(9(2,3)4)11-8(6)10;1-8(2,3)6-5-9(4)7(10)11-6;1-6-5-9(8(2,3)4)11-7(6)10;1-6-5-7(10-9-6)8(2,3)4;/h5,7H,1-4H3;6H,5H2,1-4H3;5H,1-4H3;7H,5H2,1-4H3;1H4. The second-order valence-electron chi connectivity index (χ2n) is 15.8. The largest absolute Gasteiger partial charge is 0.454 e. The van der Waals surface area contributed by atoms with Crippen LogP contribution in [-0.4, -0.2) is 59.3 Å². The lowest BCUT2D eigenvalue weighted by Gasteiger charge is -2.23. The van der Waals surface area contributed by atoms with Crippen LogP contribution in [-0.2, 0) is 24.6 Å². The van der Waals surface area contributed by atoms with Crippen molar-refractivity contribution in [3.63, 3.8) is 0 Å². The fourth-order valence-electron chi connectivity index (χ4n) is 3.69. The summed E-state index contributed by atoms with van der Waals surface area (Å²) in [5.74, 6) is -0.176. The smallest absolute Gasteiger partial charge is 0.409 e. The number of carbonyl (C=O) groups excluding carboxylic acids is 2. The van der Waals surface area contributed by atoms with Gasteiger partial charge in [0.2, 0.25) is 0 Å². The van der Waals surface area contributed by atoms with Gasteiger partial charge in [0.25, 0.3) is 0 Å². The van der Waals surface area contributed by atoms with Gasteiger partial charge in [-0.15, -0.1) is 0 Å². The van der Waals surface area contributed by atoms with Gasteiger partial charge < -0.3 is 23.7 Å². The molecule has 0 spiro atoms. The second kappa shape index (κ2) is 15.3. The van der Waals surface area contributed by atoms with E-state index in [9.17, 15) is 14.4 Å². The van der Waals surface area contributed by atoms with Crippen LogP contribution in [0.1, 0.15) is 116 Å². The van der Waals surface area contributed by atoms with Crippen molar-refractivity contribution in [3.8, 4) is 0 Å². The van der Waals surface area contributed by atoms with Gasteiger partial charge >= 0.3 is 17.7 Å². The van der Waals surface area contributed by atoms with Crippen molar-refractivity contribution >= 4 is 17.8 Å². The molecule has 0 bridgehead atoms. The van der Waals surface area contributed by atoms with Gasteiger partial charge in [-0.1, -0.05) is 74.9 Å². The molecule has 0 aliphatic carbocycles. The predicted octanol–water partition coefficient (Wildman–Crippen LogP) is 7.73. The van der Waals surface area contributed by atoms with Gasteiger partial charge in [0, 0.05) is 41.5 Å². The average molecular weight is 624 g/mol. The molecule has 4 heterocycles. The minimum atomic E-state index is -0.250. The van der Waals surface area contributed by atoms with Crippen LogP contribution in [0.2, 0.25) is 0 Å². The number of likely N-dealkylation sites (N-methyl/N-ethyl adjacent to an activating group) is 1. The highest BCUT2D eigenvalue weighted by Crippen LogP contribution is 2.30. The van der Waals surface area contributed by atoms with Crippen LogP contribution in [0.3, 0.4) is 0 Å². The minimum absolute atomic E-state index is 0. The van der Waals surface area contributed by atoms with Crippen molar-refractivity contribution in [1.29, 1.82) is 0 Å². The average Bonchev–Trinajstić information content (AvgIpc) is 3.58. The van der Waals surface area contributed by atoms with Crippen LogP contribution in [0.4, 0.5) is 4.79 Å². The van der Waals surface area contributed by atoms with Gasteiger partial charge in [0.15, 0.2) is 0 Å². The van der Waals surface area contributed by atoms with Gasteiger partial charge in [-0.25, -0.2) is 19.1 Å². The number of hydrogen-bond acceptors (Lipinski definition) is 8. The van der Waals surface area contributed by atoms with E-state index in [1.807, 2.05) is 33.8 Å². The van der Waals surface area contributed by atoms with Crippen molar-refractivity contribution in [3.05, 3.63) is 33.8 Å². The summed E-state index contributed by atoms with van der Waals surface area (Å²) in [7, 11) is 1.76. The number of carbonyl (C=O) groups is 2. The first-order chi connectivity index (χ1) is 19.2. The molecule has 1 aromatic heterocycles. The number of rotatable bonds is 0. The van der Waals surface area contributed by atoms with Crippen LogP contribution >= 0.6 is 0 Å². The van der Waals surface area contributed by atoms with Gasteiger partial charge in [0.1, 0.15) is 18.3 Å². The fourth-order valence-corrected chi connectivity index (χ4v) is 3.69. The molecule has 3 aliphatic rings. The summed E-state index contributed by atoms with van der Waals surface area (Å²) in [5.41, 5.74) is 2.40. The molecule has 44 heavy (non-hydrogen) atoms. The Balaban J connectivity index is 0.000000556. The van der Waals surface area contributed by atoms with Crippen molar-refractivity contribution in [2.24, 2.45) is 21.4 Å². The van der Waals surface area contributed by atoms with Crippen LogP contribution < -0.4 is 5.63 Å². The Morgan fingerprint density at radius 1 is 0.795 bits per heavy atom. The molecule has 1 amide bonds. The number of nitrogens with zero attached hydrogens (tertiary/aromatic N) is 3. The van der Waals surface area contributed by atoms with Crippen molar-refractivity contribution in [1.82, 2.24) is 9.64 Å². The van der Waals surface area contributed by atoms with E-state index in [0.717, 1.165) is 17.7 Å². The van der Waals surface area contributed by atoms with Crippen molar-refractivity contribution in [2.75, 3.05) is 13.6 Å². The maximum atomic E-state index is 10.9. The van der Waals surface area contributed by atoms with Crippen LogP contribution in [0.25, 0.3) is 0 Å².